The molecule has 0 spiro atoms. The molecule has 0 unspecified atom stereocenters. The number of sulfone groups is 1. The van der Waals surface area contributed by atoms with E-state index < -0.39 is 20.7 Å². The number of thiol groups is 1. The van der Waals surface area contributed by atoms with Crippen LogP contribution < -0.4 is 0 Å². The van der Waals surface area contributed by atoms with E-state index in [0.717, 1.165) is 9.79 Å². The van der Waals surface area contributed by atoms with Gasteiger partial charge in [0, 0.05) is 9.79 Å². The summed E-state index contributed by atoms with van der Waals surface area (Å²) < 4.78 is 25.8. The van der Waals surface area contributed by atoms with Crippen LogP contribution in [0.15, 0.2) is 103 Å². The van der Waals surface area contributed by atoms with E-state index in [1.807, 2.05) is 42.5 Å². The smallest absolute Gasteiger partial charge is 0.208 e. The molecule has 0 radical (unpaired) electrons. The van der Waals surface area contributed by atoms with Gasteiger partial charge in [-0.2, -0.15) is 10.9 Å². The molecule has 0 N–H and O–H groups in total. The van der Waals surface area contributed by atoms with E-state index >= 15 is 0 Å². The van der Waals surface area contributed by atoms with Crippen molar-refractivity contribution in [3.05, 3.63) is 78.9 Å². The molecule has 0 fully saturated rings. The molecule has 0 saturated heterocycles. The van der Waals surface area contributed by atoms with Crippen LogP contribution in [0.1, 0.15) is 0 Å². The Bertz CT molecular complexity index is 894. The van der Waals surface area contributed by atoms with Crippen molar-refractivity contribution < 1.29 is 8.42 Å². The van der Waals surface area contributed by atoms with Gasteiger partial charge in [0.25, 0.3) is 0 Å². The van der Waals surface area contributed by atoms with Crippen molar-refractivity contribution in [1.82, 2.24) is 0 Å². The van der Waals surface area contributed by atoms with Gasteiger partial charge < -0.3 is 0 Å². The molecule has 3 aromatic rings. The van der Waals surface area contributed by atoms with Crippen LogP contribution in [0.3, 0.4) is 0 Å². The highest BCUT2D eigenvalue weighted by Crippen LogP contribution is 2.59. The van der Waals surface area contributed by atoms with Crippen molar-refractivity contribution in [2.24, 2.45) is 0 Å². The Balaban J connectivity index is 2.10. The van der Waals surface area contributed by atoms with Crippen molar-refractivity contribution in [1.29, 1.82) is 0 Å². The van der Waals surface area contributed by atoms with Gasteiger partial charge in [-0.3, -0.25) is 0 Å². The van der Waals surface area contributed by atoms with Crippen LogP contribution in [0, 0.1) is 0 Å². The van der Waals surface area contributed by atoms with Gasteiger partial charge in [-0.05, 0) is 41.3 Å². The summed E-state index contributed by atoms with van der Waals surface area (Å²) in [6.45, 7) is 0. The predicted molar refractivity (Wildman–Crippen MR) is 88.6 cm³/mol. The lowest BCUT2D eigenvalue weighted by atomic mass is 10.3. The van der Waals surface area contributed by atoms with Crippen molar-refractivity contribution in [3.8, 4) is 0 Å². The molecule has 110 valence electrons. The summed E-state index contributed by atoms with van der Waals surface area (Å²) in [5.41, 5.74) is 0. The molecule has 0 atom stereocenters. The molecule has 1 aliphatic rings. The summed E-state index contributed by atoms with van der Waals surface area (Å²) in [7, 11) is -4.26. The first-order valence-electron chi connectivity index (χ1n) is 6.98. The summed E-state index contributed by atoms with van der Waals surface area (Å²) in [4.78, 5) is 3.91. The van der Waals surface area contributed by atoms with E-state index in [2.05, 4.69) is 12.1 Å². The van der Waals surface area contributed by atoms with Gasteiger partial charge in [0.2, 0.25) is 9.84 Å². The second-order valence-corrected chi connectivity index (χ2v) is 9.15. The Hall–Kier alpha value is -2.04. The molecule has 0 aromatic heterocycles. The molecule has 3 aromatic carbocycles. The van der Waals surface area contributed by atoms with E-state index in [9.17, 15) is 8.42 Å². The van der Waals surface area contributed by atoms with Crippen molar-refractivity contribution in [2.75, 3.05) is 0 Å². The SMILES string of the molecule is O=S1(=O)c2ccccc2[SH](c2ccccc2)c2ccccc21. The first kappa shape index (κ1) is 13.6. The zero-order valence-electron chi connectivity index (χ0n) is 11.7. The van der Waals surface area contributed by atoms with Crippen LogP contribution in [0.2, 0.25) is 0 Å². The number of hydrogen-bond donors (Lipinski definition) is 1. The van der Waals surface area contributed by atoms with Crippen LogP contribution in [0.4, 0.5) is 0 Å². The van der Waals surface area contributed by atoms with Gasteiger partial charge in [0.05, 0.1) is 9.79 Å². The second-order valence-electron chi connectivity index (χ2n) is 5.11. The minimum absolute atomic E-state index is 0.448. The molecule has 4 rings (SSSR count). The summed E-state index contributed by atoms with van der Waals surface area (Å²) in [5, 5.41) is 0. The van der Waals surface area contributed by atoms with Gasteiger partial charge >= 0.3 is 0 Å². The maximum absolute atomic E-state index is 12.9. The van der Waals surface area contributed by atoms with Gasteiger partial charge in [0.15, 0.2) is 0 Å². The third-order valence-electron chi connectivity index (χ3n) is 3.81. The highest BCUT2D eigenvalue weighted by atomic mass is 32.2. The summed E-state index contributed by atoms with van der Waals surface area (Å²) >= 11 is 0. The van der Waals surface area contributed by atoms with Crippen molar-refractivity contribution in [3.63, 3.8) is 0 Å². The van der Waals surface area contributed by atoms with Crippen LogP contribution in [-0.4, -0.2) is 8.42 Å². The number of benzene rings is 3. The average molecular weight is 326 g/mol. The van der Waals surface area contributed by atoms with Gasteiger partial charge in [-0.15, -0.1) is 0 Å². The summed E-state index contributed by atoms with van der Waals surface area (Å²) in [6.07, 6.45) is 0. The topological polar surface area (TPSA) is 34.1 Å². The van der Waals surface area contributed by atoms with E-state index in [4.69, 9.17) is 0 Å². The molecule has 0 bridgehead atoms. The standard InChI is InChI=1S/C18H14O2S2/c19-22(20)17-12-6-4-10-15(17)21(14-8-2-1-3-9-14)16-11-5-7-13-18(16)22/h1-13,21H. The molecule has 1 aliphatic heterocycles. The van der Waals surface area contributed by atoms with Crippen LogP contribution in [-0.2, 0) is 9.84 Å². The van der Waals surface area contributed by atoms with E-state index in [1.165, 1.54) is 4.90 Å². The number of hydrogen-bond acceptors (Lipinski definition) is 2. The first-order valence-corrected chi connectivity index (χ1v) is 9.80. The minimum atomic E-state index is -3.43. The fourth-order valence-electron chi connectivity index (χ4n) is 2.84. The lowest BCUT2D eigenvalue weighted by molar-refractivity contribution is 0.590. The number of rotatable bonds is 1. The fraction of sp³-hybridized carbons (Fsp3) is 0. The summed E-state index contributed by atoms with van der Waals surface area (Å²) in [5.74, 6) is 0. The normalized spacial score (nSPS) is 16.6. The third kappa shape index (κ3) is 1.91. The highest BCUT2D eigenvalue weighted by Gasteiger charge is 2.33. The maximum atomic E-state index is 12.9. The lowest BCUT2D eigenvalue weighted by Gasteiger charge is -2.31. The minimum Gasteiger partial charge on any atom is -0.218 e. The van der Waals surface area contributed by atoms with Gasteiger partial charge in [0.1, 0.15) is 0 Å². The molecule has 0 amide bonds. The Morgan fingerprint density at radius 3 is 1.59 bits per heavy atom. The molecule has 1 heterocycles. The van der Waals surface area contributed by atoms with Crippen molar-refractivity contribution in [2.45, 2.75) is 24.5 Å². The summed E-state index contributed by atoms with van der Waals surface area (Å²) in [6, 6.07) is 24.9. The molecule has 2 nitrogen and oxygen atoms in total. The third-order valence-corrected chi connectivity index (χ3v) is 8.54. The molecule has 0 saturated carbocycles. The van der Waals surface area contributed by atoms with E-state index in [0.29, 0.717) is 9.79 Å². The zero-order chi connectivity index (χ0) is 15.2. The Morgan fingerprint density at radius 1 is 0.591 bits per heavy atom. The highest BCUT2D eigenvalue weighted by molar-refractivity contribution is 8.18. The van der Waals surface area contributed by atoms with Gasteiger partial charge in [-0.25, -0.2) is 8.42 Å². The fourth-order valence-corrected chi connectivity index (χ4v) is 7.90. The lowest BCUT2D eigenvalue weighted by Crippen LogP contribution is -2.12. The molecule has 22 heavy (non-hydrogen) atoms. The number of fused-ring (bicyclic) bond motifs is 2. The van der Waals surface area contributed by atoms with Crippen molar-refractivity contribution >= 4 is 20.7 Å². The van der Waals surface area contributed by atoms with E-state index in [-0.39, 0.29) is 0 Å². The monoisotopic (exact) mass is 326 g/mol. The molecular formula is C18H14O2S2. The largest absolute Gasteiger partial charge is 0.218 e. The zero-order valence-corrected chi connectivity index (χ0v) is 13.4. The Morgan fingerprint density at radius 2 is 1.05 bits per heavy atom. The predicted octanol–water partition coefficient (Wildman–Crippen LogP) is 4.31. The first-order chi connectivity index (χ1) is 10.7. The Labute approximate surface area is 132 Å². The Kier molecular flexibility index (Phi) is 3.10. The molecule has 0 aliphatic carbocycles. The molecule has 4 heteroatoms. The quantitative estimate of drug-likeness (QED) is 0.529. The maximum Gasteiger partial charge on any atom is 0.208 e. The average Bonchev–Trinajstić information content (AvgIpc) is 2.56. The molecular weight excluding hydrogens is 312 g/mol. The van der Waals surface area contributed by atoms with E-state index in [1.54, 1.807) is 24.3 Å². The van der Waals surface area contributed by atoms with Crippen LogP contribution >= 0.6 is 10.9 Å². The van der Waals surface area contributed by atoms with Crippen LogP contribution in [0.25, 0.3) is 0 Å². The van der Waals surface area contributed by atoms with Crippen LogP contribution in [0.5, 0.6) is 0 Å². The van der Waals surface area contributed by atoms with Gasteiger partial charge in [-0.1, -0.05) is 42.5 Å². The second kappa shape index (κ2) is 5.00.